The number of nitrogens with zero attached hydrogens (tertiary/aromatic N) is 1. The molecule has 0 saturated heterocycles. The van der Waals surface area contributed by atoms with Gasteiger partial charge in [-0.05, 0) is 62.8 Å². The van der Waals surface area contributed by atoms with Crippen LogP contribution in [0, 0.1) is 5.92 Å². The fourth-order valence-corrected chi connectivity index (χ4v) is 2.56. The summed E-state index contributed by atoms with van der Waals surface area (Å²) in [6.07, 6.45) is 4.41. The summed E-state index contributed by atoms with van der Waals surface area (Å²) in [7, 11) is 0. The zero-order valence-electron chi connectivity index (χ0n) is 13.4. The number of benzene rings is 1. The molecule has 0 bridgehead atoms. The van der Waals surface area contributed by atoms with Gasteiger partial charge in [0.15, 0.2) is 0 Å². The number of hydrazone groups is 1. The van der Waals surface area contributed by atoms with Gasteiger partial charge in [-0.3, -0.25) is 4.79 Å². The van der Waals surface area contributed by atoms with Gasteiger partial charge in [-0.1, -0.05) is 6.92 Å². The van der Waals surface area contributed by atoms with Gasteiger partial charge in [0.25, 0.3) is 5.91 Å². The van der Waals surface area contributed by atoms with Crippen LogP contribution in [0.25, 0.3) is 0 Å². The number of nitrogens with one attached hydrogen (secondary N) is 2. The second-order valence-electron chi connectivity index (χ2n) is 5.73. The normalized spacial score (nSPS) is 19.7. The molecule has 0 aromatic heterocycles. The predicted octanol–water partition coefficient (Wildman–Crippen LogP) is 3.18. The van der Waals surface area contributed by atoms with Gasteiger partial charge in [-0.15, -0.1) is 0 Å². The first kappa shape index (κ1) is 16.3. The van der Waals surface area contributed by atoms with Crippen molar-refractivity contribution < 1.29 is 9.53 Å². The van der Waals surface area contributed by atoms with Crippen molar-refractivity contribution in [3.63, 3.8) is 0 Å². The Hall–Kier alpha value is -2.04. The van der Waals surface area contributed by atoms with Crippen LogP contribution >= 0.6 is 0 Å². The van der Waals surface area contributed by atoms with Gasteiger partial charge in [0.2, 0.25) is 0 Å². The van der Waals surface area contributed by atoms with Crippen molar-refractivity contribution in [3.05, 3.63) is 24.3 Å². The molecule has 1 aromatic rings. The summed E-state index contributed by atoms with van der Waals surface area (Å²) in [6, 6.07) is 7.56. The third kappa shape index (κ3) is 5.39. The van der Waals surface area contributed by atoms with Crippen molar-refractivity contribution in [2.45, 2.75) is 39.5 Å². The largest absolute Gasteiger partial charge is 0.494 e. The van der Waals surface area contributed by atoms with E-state index >= 15 is 0 Å². The molecule has 1 atom stereocenters. The molecule has 0 spiro atoms. The summed E-state index contributed by atoms with van der Waals surface area (Å²) < 4.78 is 5.38. The van der Waals surface area contributed by atoms with Crippen LogP contribution in [-0.4, -0.2) is 24.8 Å². The maximum absolute atomic E-state index is 11.8. The zero-order chi connectivity index (χ0) is 15.8. The molecular weight excluding hydrogens is 278 g/mol. The number of ether oxygens (including phenoxy) is 1. The van der Waals surface area contributed by atoms with E-state index in [2.05, 4.69) is 22.8 Å². The Bertz CT molecular complexity index is 511. The molecular formula is C17H25N3O2. The van der Waals surface area contributed by atoms with Crippen LogP contribution < -0.4 is 15.5 Å². The molecule has 22 heavy (non-hydrogen) atoms. The lowest BCUT2D eigenvalue weighted by molar-refractivity contribution is -0.119. The Morgan fingerprint density at radius 3 is 2.82 bits per heavy atom. The first-order chi connectivity index (χ1) is 10.7. The summed E-state index contributed by atoms with van der Waals surface area (Å²) >= 11 is 0. The first-order valence-electron chi connectivity index (χ1n) is 7.98. The molecule has 5 nitrogen and oxygen atoms in total. The molecule has 1 saturated carbocycles. The van der Waals surface area contributed by atoms with E-state index in [-0.39, 0.29) is 12.5 Å². The van der Waals surface area contributed by atoms with Gasteiger partial charge in [0, 0.05) is 11.4 Å². The summed E-state index contributed by atoms with van der Waals surface area (Å²) in [5.41, 5.74) is 4.63. The lowest BCUT2D eigenvalue weighted by Gasteiger charge is -2.18. The maximum Gasteiger partial charge on any atom is 0.259 e. The van der Waals surface area contributed by atoms with Crippen LogP contribution in [0.5, 0.6) is 5.75 Å². The van der Waals surface area contributed by atoms with Crippen LogP contribution in [0.4, 0.5) is 5.69 Å². The zero-order valence-corrected chi connectivity index (χ0v) is 13.4. The summed E-state index contributed by atoms with van der Waals surface area (Å²) in [5, 5.41) is 7.31. The lowest BCUT2D eigenvalue weighted by Crippen LogP contribution is -2.27. The molecule has 5 heteroatoms. The van der Waals surface area contributed by atoms with Crippen LogP contribution in [-0.2, 0) is 4.79 Å². The second-order valence-corrected chi connectivity index (χ2v) is 5.73. The number of hydrogen-bond acceptors (Lipinski definition) is 4. The van der Waals surface area contributed by atoms with Gasteiger partial charge >= 0.3 is 0 Å². The summed E-state index contributed by atoms with van der Waals surface area (Å²) in [4.78, 5) is 11.8. The van der Waals surface area contributed by atoms with Crippen molar-refractivity contribution in [1.29, 1.82) is 0 Å². The van der Waals surface area contributed by atoms with Gasteiger partial charge in [0.1, 0.15) is 5.75 Å². The van der Waals surface area contributed by atoms with Gasteiger partial charge in [0.05, 0.1) is 13.2 Å². The molecule has 0 radical (unpaired) electrons. The van der Waals surface area contributed by atoms with Crippen LogP contribution in [0.1, 0.15) is 39.5 Å². The van der Waals surface area contributed by atoms with Crippen molar-refractivity contribution in [2.24, 2.45) is 11.0 Å². The predicted molar refractivity (Wildman–Crippen MR) is 89.3 cm³/mol. The summed E-state index contributed by atoms with van der Waals surface area (Å²) in [6.45, 7) is 5.03. The smallest absolute Gasteiger partial charge is 0.259 e. The highest BCUT2D eigenvalue weighted by atomic mass is 16.5. The number of hydrogen-bond donors (Lipinski definition) is 2. The van der Waals surface area contributed by atoms with E-state index in [1.54, 1.807) is 0 Å². The van der Waals surface area contributed by atoms with E-state index in [0.29, 0.717) is 12.5 Å². The van der Waals surface area contributed by atoms with E-state index in [1.807, 2.05) is 31.2 Å². The summed E-state index contributed by atoms with van der Waals surface area (Å²) in [5.74, 6) is 1.38. The molecule has 2 N–H and O–H groups in total. The van der Waals surface area contributed by atoms with Crippen LogP contribution in [0.2, 0.25) is 0 Å². The topological polar surface area (TPSA) is 62.7 Å². The fraction of sp³-hybridized carbons (Fsp3) is 0.529. The third-order valence-corrected chi connectivity index (χ3v) is 3.70. The van der Waals surface area contributed by atoms with Gasteiger partial charge in [-0.25, -0.2) is 5.43 Å². The number of rotatable bonds is 6. The van der Waals surface area contributed by atoms with Gasteiger partial charge < -0.3 is 10.1 Å². The number of anilines is 1. The molecule has 2 rings (SSSR count). The highest BCUT2D eigenvalue weighted by Crippen LogP contribution is 2.20. The van der Waals surface area contributed by atoms with E-state index in [4.69, 9.17) is 4.74 Å². The van der Waals surface area contributed by atoms with Crippen molar-refractivity contribution in [3.8, 4) is 5.75 Å². The number of carbonyl (C=O) groups is 1. The third-order valence-electron chi connectivity index (χ3n) is 3.70. The average molecular weight is 303 g/mol. The minimum atomic E-state index is -0.125. The molecule has 0 heterocycles. The minimum Gasteiger partial charge on any atom is -0.494 e. The highest BCUT2D eigenvalue weighted by molar-refractivity contribution is 5.87. The average Bonchev–Trinajstić information content (AvgIpc) is 2.53. The minimum absolute atomic E-state index is 0.125. The Balaban J connectivity index is 1.74. The van der Waals surface area contributed by atoms with E-state index < -0.39 is 0 Å². The monoisotopic (exact) mass is 303 g/mol. The van der Waals surface area contributed by atoms with E-state index in [9.17, 15) is 4.79 Å². The quantitative estimate of drug-likeness (QED) is 0.793. The van der Waals surface area contributed by atoms with Gasteiger partial charge in [-0.2, -0.15) is 5.10 Å². The molecule has 1 amide bonds. The van der Waals surface area contributed by atoms with E-state index in [1.165, 1.54) is 12.8 Å². The number of carbonyl (C=O) groups excluding carboxylic acids is 1. The van der Waals surface area contributed by atoms with E-state index in [0.717, 1.165) is 30.0 Å². The molecule has 0 aliphatic heterocycles. The Labute approximate surface area is 132 Å². The van der Waals surface area contributed by atoms with Crippen LogP contribution in [0.3, 0.4) is 0 Å². The SMILES string of the molecule is CCOc1ccc(NCC(=O)N/N=C2\CCC[C@@H](C)C2)cc1. The lowest BCUT2D eigenvalue weighted by atomic mass is 9.89. The Morgan fingerprint density at radius 2 is 2.14 bits per heavy atom. The molecule has 1 aliphatic rings. The van der Waals surface area contributed by atoms with Crippen LogP contribution in [0.15, 0.2) is 29.4 Å². The molecule has 0 unspecified atom stereocenters. The Morgan fingerprint density at radius 1 is 1.36 bits per heavy atom. The first-order valence-corrected chi connectivity index (χ1v) is 7.98. The molecule has 1 aliphatic carbocycles. The molecule has 1 aromatic carbocycles. The van der Waals surface area contributed by atoms with Crippen molar-refractivity contribution in [2.75, 3.05) is 18.5 Å². The second kappa shape index (κ2) is 8.41. The Kier molecular flexibility index (Phi) is 6.25. The van der Waals surface area contributed by atoms with Crippen molar-refractivity contribution >= 4 is 17.3 Å². The fourth-order valence-electron chi connectivity index (χ4n) is 2.56. The highest BCUT2D eigenvalue weighted by Gasteiger charge is 2.14. The number of amides is 1. The maximum atomic E-state index is 11.8. The van der Waals surface area contributed by atoms with Crippen molar-refractivity contribution in [1.82, 2.24) is 5.43 Å². The standard InChI is InChI=1S/C17H25N3O2/c1-3-22-16-9-7-14(8-10-16)18-12-17(21)20-19-15-6-4-5-13(2)11-15/h7-10,13,18H,3-6,11-12H2,1-2H3,(H,20,21)/b19-15+/t13-/m1/s1. The molecule has 120 valence electrons. The molecule has 1 fully saturated rings.